The van der Waals surface area contributed by atoms with Gasteiger partial charge in [0, 0.05) is 18.3 Å². The third-order valence-corrected chi connectivity index (χ3v) is 5.20. The highest BCUT2D eigenvalue weighted by Crippen LogP contribution is 2.29. The molecule has 27 heavy (non-hydrogen) atoms. The van der Waals surface area contributed by atoms with Crippen molar-refractivity contribution in [2.45, 2.75) is 6.42 Å². The van der Waals surface area contributed by atoms with Gasteiger partial charge in [-0.15, -0.1) is 0 Å². The predicted molar refractivity (Wildman–Crippen MR) is 105 cm³/mol. The van der Waals surface area contributed by atoms with Crippen LogP contribution < -0.4 is 14.8 Å². The SMILES string of the molecule is COc1ccc(NC(=O)CN(CCc2ccccc2)S(C)(=O)=O)cc1OC. The molecule has 1 amide bonds. The Bertz CT molecular complexity index is 869. The van der Waals surface area contributed by atoms with Crippen LogP contribution >= 0.6 is 0 Å². The molecule has 2 aromatic rings. The molecule has 0 bridgehead atoms. The van der Waals surface area contributed by atoms with E-state index in [2.05, 4.69) is 5.32 Å². The first-order valence-corrected chi connectivity index (χ1v) is 10.2. The second kappa shape index (κ2) is 9.38. The van der Waals surface area contributed by atoms with Crippen molar-refractivity contribution in [1.29, 1.82) is 0 Å². The van der Waals surface area contributed by atoms with Crippen LogP contribution in [0.5, 0.6) is 11.5 Å². The molecule has 0 heterocycles. The van der Waals surface area contributed by atoms with Gasteiger partial charge in [0.05, 0.1) is 27.0 Å². The Balaban J connectivity index is 2.03. The molecule has 0 fully saturated rings. The maximum atomic E-state index is 12.3. The fourth-order valence-corrected chi connectivity index (χ4v) is 3.31. The third kappa shape index (κ3) is 6.26. The highest BCUT2D eigenvalue weighted by Gasteiger charge is 2.20. The van der Waals surface area contributed by atoms with Crippen LogP contribution in [0, 0.1) is 0 Å². The number of anilines is 1. The summed E-state index contributed by atoms with van der Waals surface area (Å²) in [5, 5.41) is 2.69. The van der Waals surface area contributed by atoms with Crippen LogP contribution in [-0.4, -0.2) is 52.2 Å². The van der Waals surface area contributed by atoms with Crippen molar-refractivity contribution < 1.29 is 22.7 Å². The van der Waals surface area contributed by atoms with Gasteiger partial charge in [-0.1, -0.05) is 30.3 Å². The van der Waals surface area contributed by atoms with Gasteiger partial charge in [0.2, 0.25) is 15.9 Å². The Kier molecular flexibility index (Phi) is 7.20. The molecule has 0 aliphatic carbocycles. The summed E-state index contributed by atoms with van der Waals surface area (Å²) in [7, 11) is -0.499. The van der Waals surface area contributed by atoms with E-state index in [-0.39, 0.29) is 13.1 Å². The topological polar surface area (TPSA) is 84.9 Å². The number of nitrogens with one attached hydrogen (secondary N) is 1. The molecule has 8 heteroatoms. The summed E-state index contributed by atoms with van der Waals surface area (Å²) in [6.45, 7) is -0.0395. The van der Waals surface area contributed by atoms with E-state index >= 15 is 0 Å². The standard InChI is InChI=1S/C19H24N2O5S/c1-25-17-10-9-16(13-18(17)26-2)20-19(22)14-21(27(3,23)24)12-11-15-7-5-4-6-8-15/h4-10,13H,11-12,14H2,1-3H3,(H,20,22). The van der Waals surface area contributed by atoms with Gasteiger partial charge in [-0.05, 0) is 24.1 Å². The predicted octanol–water partition coefficient (Wildman–Crippen LogP) is 2.15. The number of hydrogen-bond donors (Lipinski definition) is 1. The second-order valence-electron chi connectivity index (χ2n) is 5.95. The molecule has 0 saturated carbocycles. The molecule has 0 saturated heterocycles. The van der Waals surface area contributed by atoms with Crippen LogP contribution in [0.3, 0.4) is 0 Å². The lowest BCUT2D eigenvalue weighted by molar-refractivity contribution is -0.116. The number of nitrogens with zero attached hydrogens (tertiary/aromatic N) is 1. The average molecular weight is 392 g/mol. The Morgan fingerprint density at radius 1 is 1.04 bits per heavy atom. The molecule has 7 nitrogen and oxygen atoms in total. The minimum Gasteiger partial charge on any atom is -0.493 e. The Morgan fingerprint density at radius 2 is 1.70 bits per heavy atom. The van der Waals surface area contributed by atoms with Crippen LogP contribution in [0.25, 0.3) is 0 Å². The van der Waals surface area contributed by atoms with Gasteiger partial charge < -0.3 is 14.8 Å². The Labute approximate surface area is 160 Å². The molecule has 2 rings (SSSR count). The van der Waals surface area contributed by atoms with Crippen LogP contribution in [0.1, 0.15) is 5.56 Å². The lowest BCUT2D eigenvalue weighted by Gasteiger charge is -2.19. The molecule has 0 spiro atoms. The van der Waals surface area contributed by atoms with E-state index in [1.165, 1.54) is 14.2 Å². The minimum atomic E-state index is -3.52. The van der Waals surface area contributed by atoms with Crippen LogP contribution in [-0.2, 0) is 21.2 Å². The first-order valence-electron chi connectivity index (χ1n) is 8.34. The number of benzene rings is 2. The molecule has 0 aliphatic heterocycles. The monoisotopic (exact) mass is 392 g/mol. The fraction of sp³-hybridized carbons (Fsp3) is 0.316. The van der Waals surface area contributed by atoms with Crippen LogP contribution in [0.4, 0.5) is 5.69 Å². The number of carbonyl (C=O) groups is 1. The van der Waals surface area contributed by atoms with Crippen molar-refractivity contribution in [3.05, 3.63) is 54.1 Å². The highest BCUT2D eigenvalue weighted by atomic mass is 32.2. The van der Waals surface area contributed by atoms with Crippen molar-refractivity contribution in [2.24, 2.45) is 0 Å². The largest absolute Gasteiger partial charge is 0.493 e. The average Bonchev–Trinajstić information content (AvgIpc) is 2.64. The maximum Gasteiger partial charge on any atom is 0.239 e. The molecule has 1 N–H and O–H groups in total. The first kappa shape index (κ1) is 20.7. The molecule has 0 aliphatic rings. The van der Waals surface area contributed by atoms with E-state index in [0.717, 1.165) is 16.1 Å². The smallest absolute Gasteiger partial charge is 0.239 e. The van der Waals surface area contributed by atoms with Gasteiger partial charge in [0.25, 0.3) is 0 Å². The van der Waals surface area contributed by atoms with E-state index < -0.39 is 15.9 Å². The van der Waals surface area contributed by atoms with E-state index in [4.69, 9.17) is 9.47 Å². The summed E-state index contributed by atoms with van der Waals surface area (Å²) in [5.41, 5.74) is 1.50. The summed E-state index contributed by atoms with van der Waals surface area (Å²) in [6, 6.07) is 14.5. The van der Waals surface area contributed by atoms with Crippen LogP contribution in [0.15, 0.2) is 48.5 Å². The lowest BCUT2D eigenvalue weighted by atomic mass is 10.1. The van der Waals surface area contributed by atoms with Crippen molar-refractivity contribution in [2.75, 3.05) is 38.9 Å². The number of ether oxygens (including phenoxy) is 2. The number of carbonyl (C=O) groups excluding carboxylic acids is 1. The highest BCUT2D eigenvalue weighted by molar-refractivity contribution is 7.88. The van der Waals surface area contributed by atoms with Crippen molar-refractivity contribution in [3.8, 4) is 11.5 Å². The van der Waals surface area contributed by atoms with Crippen LogP contribution in [0.2, 0.25) is 0 Å². The lowest BCUT2D eigenvalue weighted by Crippen LogP contribution is -2.38. The maximum absolute atomic E-state index is 12.3. The third-order valence-electron chi connectivity index (χ3n) is 3.95. The molecule has 2 aromatic carbocycles. The second-order valence-corrected chi connectivity index (χ2v) is 7.93. The Hall–Kier alpha value is -2.58. The van der Waals surface area contributed by atoms with E-state index in [1.807, 2.05) is 30.3 Å². The van der Waals surface area contributed by atoms with E-state index in [9.17, 15) is 13.2 Å². The zero-order valence-corrected chi connectivity index (χ0v) is 16.5. The number of methoxy groups -OCH3 is 2. The van der Waals surface area contributed by atoms with Gasteiger partial charge in [-0.3, -0.25) is 4.79 Å². The zero-order valence-electron chi connectivity index (χ0n) is 15.6. The molecule has 0 atom stereocenters. The molecule has 0 unspecified atom stereocenters. The van der Waals surface area contributed by atoms with Crippen molar-refractivity contribution >= 4 is 21.6 Å². The summed E-state index contributed by atoms with van der Waals surface area (Å²) in [4.78, 5) is 12.3. The van der Waals surface area contributed by atoms with Gasteiger partial charge >= 0.3 is 0 Å². The Morgan fingerprint density at radius 3 is 2.30 bits per heavy atom. The molecular formula is C19H24N2O5S. The summed E-state index contributed by atoms with van der Waals surface area (Å²) >= 11 is 0. The van der Waals surface area contributed by atoms with E-state index in [0.29, 0.717) is 23.6 Å². The van der Waals surface area contributed by atoms with Crippen molar-refractivity contribution in [3.63, 3.8) is 0 Å². The van der Waals surface area contributed by atoms with Gasteiger partial charge in [-0.2, -0.15) is 4.31 Å². The van der Waals surface area contributed by atoms with Gasteiger partial charge in [0.15, 0.2) is 11.5 Å². The summed E-state index contributed by atoms with van der Waals surface area (Å²) in [6.07, 6.45) is 1.62. The number of amides is 1. The molecule has 146 valence electrons. The van der Waals surface area contributed by atoms with Gasteiger partial charge in [0.1, 0.15) is 0 Å². The zero-order chi connectivity index (χ0) is 19.9. The number of sulfonamides is 1. The minimum absolute atomic E-state index is 0.224. The number of hydrogen-bond acceptors (Lipinski definition) is 5. The van der Waals surface area contributed by atoms with Crippen molar-refractivity contribution in [1.82, 2.24) is 4.31 Å². The quantitative estimate of drug-likeness (QED) is 0.707. The fourth-order valence-electron chi connectivity index (χ4n) is 2.54. The summed E-state index contributed by atoms with van der Waals surface area (Å²) in [5.74, 6) is 0.580. The molecule has 0 aromatic heterocycles. The molecule has 0 radical (unpaired) electrons. The molecular weight excluding hydrogens is 368 g/mol. The van der Waals surface area contributed by atoms with E-state index in [1.54, 1.807) is 18.2 Å². The summed E-state index contributed by atoms with van der Waals surface area (Å²) < 4.78 is 35.6. The normalized spacial score (nSPS) is 11.3. The number of rotatable bonds is 9. The first-order chi connectivity index (χ1) is 12.8. The van der Waals surface area contributed by atoms with Gasteiger partial charge in [-0.25, -0.2) is 8.42 Å².